The van der Waals surface area contributed by atoms with Crippen LogP contribution in [0.4, 0.5) is 0 Å². The number of hydrazone groups is 1. The fourth-order valence-corrected chi connectivity index (χ4v) is 1.79. The molecule has 102 valence electrons. The molecule has 4 heteroatoms. The van der Waals surface area contributed by atoms with E-state index in [1.165, 1.54) is 0 Å². The molecule has 0 saturated carbocycles. The lowest BCUT2D eigenvalue weighted by Gasteiger charge is -2.03. The first-order chi connectivity index (χ1) is 9.56. The van der Waals surface area contributed by atoms with Crippen LogP contribution in [0.15, 0.2) is 53.6 Å². The summed E-state index contributed by atoms with van der Waals surface area (Å²) in [6.45, 7) is 3.81. The summed E-state index contributed by atoms with van der Waals surface area (Å²) in [6.07, 6.45) is 0. The smallest absolute Gasteiger partial charge is 0.267 e. The molecule has 0 aliphatic heterocycles. The van der Waals surface area contributed by atoms with Crippen LogP contribution in [-0.2, 0) is 0 Å². The van der Waals surface area contributed by atoms with E-state index in [0.717, 1.165) is 16.8 Å². The van der Waals surface area contributed by atoms with Crippen molar-refractivity contribution < 1.29 is 4.79 Å². The Morgan fingerprint density at radius 1 is 1.00 bits per heavy atom. The van der Waals surface area contributed by atoms with Crippen LogP contribution in [0.3, 0.4) is 0 Å². The van der Waals surface area contributed by atoms with Crippen molar-refractivity contribution in [2.24, 2.45) is 5.10 Å². The number of aryl methyl sites for hydroxylation is 1. The molecule has 0 radical (unpaired) electrons. The summed E-state index contributed by atoms with van der Waals surface area (Å²) in [5.41, 5.74) is 5.89. The molecule has 0 fully saturated rings. The summed E-state index contributed by atoms with van der Waals surface area (Å²) >= 11 is 5.83. The van der Waals surface area contributed by atoms with Crippen LogP contribution in [0.1, 0.15) is 28.4 Å². The van der Waals surface area contributed by atoms with E-state index in [-0.39, 0.29) is 5.91 Å². The van der Waals surface area contributed by atoms with E-state index in [2.05, 4.69) is 10.5 Å². The normalized spacial score (nSPS) is 11.2. The third-order valence-electron chi connectivity index (χ3n) is 2.90. The molecule has 0 heterocycles. The lowest BCUT2D eigenvalue weighted by atomic mass is 10.1. The van der Waals surface area contributed by atoms with E-state index >= 15 is 0 Å². The molecular formula is C16H15ClN2O. The zero-order chi connectivity index (χ0) is 14.5. The van der Waals surface area contributed by atoms with E-state index in [1.54, 1.807) is 24.3 Å². The molecule has 2 aromatic rings. The van der Waals surface area contributed by atoms with Gasteiger partial charge in [-0.05, 0) is 43.7 Å². The highest BCUT2D eigenvalue weighted by molar-refractivity contribution is 6.30. The number of carbonyl (C=O) groups excluding carboxylic acids is 1. The first-order valence-electron chi connectivity index (χ1n) is 6.23. The third-order valence-corrected chi connectivity index (χ3v) is 3.15. The SMILES string of the molecule is C/C(=N\NC(=O)c1ccc(C)cc1)c1ccc(Cl)cc1. The minimum atomic E-state index is -0.224. The van der Waals surface area contributed by atoms with Gasteiger partial charge in [-0.25, -0.2) is 5.43 Å². The fraction of sp³-hybridized carbons (Fsp3) is 0.125. The van der Waals surface area contributed by atoms with E-state index < -0.39 is 0 Å². The first kappa shape index (κ1) is 14.3. The van der Waals surface area contributed by atoms with Gasteiger partial charge in [0, 0.05) is 10.6 Å². The molecule has 2 aromatic carbocycles. The van der Waals surface area contributed by atoms with Gasteiger partial charge in [0.2, 0.25) is 0 Å². The Balaban J connectivity index is 2.06. The largest absolute Gasteiger partial charge is 0.271 e. The van der Waals surface area contributed by atoms with Gasteiger partial charge in [-0.1, -0.05) is 41.4 Å². The van der Waals surface area contributed by atoms with Crippen molar-refractivity contribution in [2.75, 3.05) is 0 Å². The first-order valence-corrected chi connectivity index (χ1v) is 6.61. The van der Waals surface area contributed by atoms with Crippen molar-refractivity contribution in [3.05, 3.63) is 70.2 Å². The average Bonchev–Trinajstić information content (AvgIpc) is 2.46. The lowest BCUT2D eigenvalue weighted by Crippen LogP contribution is -2.19. The summed E-state index contributed by atoms with van der Waals surface area (Å²) in [7, 11) is 0. The van der Waals surface area contributed by atoms with Gasteiger partial charge in [0.15, 0.2) is 0 Å². The molecule has 0 spiro atoms. The third kappa shape index (κ3) is 3.68. The number of hydrogen-bond donors (Lipinski definition) is 1. The van der Waals surface area contributed by atoms with E-state index in [0.29, 0.717) is 10.6 Å². The lowest BCUT2D eigenvalue weighted by molar-refractivity contribution is 0.0955. The minimum Gasteiger partial charge on any atom is -0.267 e. The molecule has 2 rings (SSSR count). The average molecular weight is 287 g/mol. The molecule has 1 amide bonds. The Morgan fingerprint density at radius 2 is 1.55 bits per heavy atom. The molecule has 1 N–H and O–H groups in total. The summed E-state index contributed by atoms with van der Waals surface area (Å²) in [5.74, 6) is -0.224. The van der Waals surface area contributed by atoms with Gasteiger partial charge < -0.3 is 0 Å². The highest BCUT2D eigenvalue weighted by Crippen LogP contribution is 2.10. The molecular weight excluding hydrogens is 272 g/mol. The Morgan fingerprint density at radius 3 is 2.15 bits per heavy atom. The topological polar surface area (TPSA) is 41.5 Å². The predicted octanol–water partition coefficient (Wildman–Crippen LogP) is 3.80. The Labute approximate surface area is 123 Å². The van der Waals surface area contributed by atoms with E-state index in [9.17, 15) is 4.79 Å². The number of amides is 1. The van der Waals surface area contributed by atoms with Crippen LogP contribution in [0.2, 0.25) is 5.02 Å². The van der Waals surface area contributed by atoms with Crippen molar-refractivity contribution in [1.82, 2.24) is 5.43 Å². The Kier molecular flexibility index (Phi) is 4.53. The highest BCUT2D eigenvalue weighted by atomic mass is 35.5. The standard InChI is InChI=1S/C16H15ClN2O/c1-11-3-5-14(6-4-11)16(20)19-18-12(2)13-7-9-15(17)10-8-13/h3-10H,1-2H3,(H,19,20)/b18-12+. The summed E-state index contributed by atoms with van der Waals surface area (Å²) in [6, 6.07) is 14.6. The monoisotopic (exact) mass is 286 g/mol. The number of nitrogens with zero attached hydrogens (tertiary/aromatic N) is 1. The fourth-order valence-electron chi connectivity index (χ4n) is 1.66. The molecule has 0 aliphatic rings. The summed E-state index contributed by atoms with van der Waals surface area (Å²) < 4.78 is 0. The van der Waals surface area contributed by atoms with Gasteiger partial charge in [0.25, 0.3) is 5.91 Å². The number of rotatable bonds is 3. The van der Waals surface area contributed by atoms with Gasteiger partial charge in [0.1, 0.15) is 0 Å². The zero-order valence-corrected chi connectivity index (χ0v) is 12.1. The van der Waals surface area contributed by atoms with Crippen molar-refractivity contribution in [3.8, 4) is 0 Å². The van der Waals surface area contributed by atoms with Gasteiger partial charge in [-0.3, -0.25) is 4.79 Å². The van der Waals surface area contributed by atoms with Crippen molar-refractivity contribution in [3.63, 3.8) is 0 Å². The number of halogens is 1. The van der Waals surface area contributed by atoms with E-state index in [1.807, 2.05) is 38.1 Å². The molecule has 0 saturated heterocycles. The molecule has 0 bridgehead atoms. The number of nitrogens with one attached hydrogen (secondary N) is 1. The summed E-state index contributed by atoms with van der Waals surface area (Å²) in [4.78, 5) is 11.9. The van der Waals surface area contributed by atoms with Crippen molar-refractivity contribution >= 4 is 23.2 Å². The zero-order valence-electron chi connectivity index (χ0n) is 11.4. The quantitative estimate of drug-likeness (QED) is 0.677. The van der Waals surface area contributed by atoms with Gasteiger partial charge in [-0.15, -0.1) is 0 Å². The molecule has 0 atom stereocenters. The number of carbonyl (C=O) groups is 1. The maximum Gasteiger partial charge on any atom is 0.271 e. The van der Waals surface area contributed by atoms with Crippen LogP contribution in [0.5, 0.6) is 0 Å². The van der Waals surface area contributed by atoms with Crippen molar-refractivity contribution in [2.45, 2.75) is 13.8 Å². The van der Waals surface area contributed by atoms with Gasteiger partial charge >= 0.3 is 0 Å². The Hall–Kier alpha value is -2.13. The molecule has 0 unspecified atom stereocenters. The van der Waals surface area contributed by atoms with Crippen LogP contribution >= 0.6 is 11.6 Å². The number of benzene rings is 2. The Bertz CT molecular complexity index is 631. The second-order valence-electron chi connectivity index (χ2n) is 4.51. The van der Waals surface area contributed by atoms with Crippen LogP contribution in [-0.4, -0.2) is 11.6 Å². The van der Waals surface area contributed by atoms with Crippen molar-refractivity contribution in [1.29, 1.82) is 0 Å². The van der Waals surface area contributed by atoms with Crippen LogP contribution in [0.25, 0.3) is 0 Å². The highest BCUT2D eigenvalue weighted by Gasteiger charge is 2.04. The van der Waals surface area contributed by atoms with E-state index in [4.69, 9.17) is 11.6 Å². The molecule has 0 aromatic heterocycles. The minimum absolute atomic E-state index is 0.224. The molecule has 0 aliphatic carbocycles. The van der Waals surface area contributed by atoms with Crippen LogP contribution in [0, 0.1) is 6.92 Å². The predicted molar refractivity (Wildman–Crippen MR) is 82.3 cm³/mol. The molecule has 20 heavy (non-hydrogen) atoms. The molecule has 3 nitrogen and oxygen atoms in total. The number of hydrogen-bond acceptors (Lipinski definition) is 2. The maximum absolute atomic E-state index is 11.9. The second-order valence-corrected chi connectivity index (χ2v) is 4.95. The van der Waals surface area contributed by atoms with Gasteiger partial charge in [-0.2, -0.15) is 5.10 Å². The second kappa shape index (κ2) is 6.35. The summed E-state index contributed by atoms with van der Waals surface area (Å²) in [5, 5.41) is 4.77. The van der Waals surface area contributed by atoms with Crippen LogP contribution < -0.4 is 5.43 Å². The maximum atomic E-state index is 11.9. The van der Waals surface area contributed by atoms with Gasteiger partial charge in [0.05, 0.1) is 5.71 Å².